The van der Waals surface area contributed by atoms with Crippen molar-refractivity contribution in [2.75, 3.05) is 18.4 Å². The fourth-order valence-corrected chi connectivity index (χ4v) is 2.78. The predicted molar refractivity (Wildman–Crippen MR) is 76.9 cm³/mol. The van der Waals surface area contributed by atoms with E-state index in [-0.39, 0.29) is 0 Å². The Labute approximate surface area is 110 Å². The summed E-state index contributed by atoms with van der Waals surface area (Å²) in [7, 11) is 0. The van der Waals surface area contributed by atoms with Crippen LogP contribution >= 0.6 is 0 Å². The predicted octanol–water partition coefficient (Wildman–Crippen LogP) is 3.28. The molecule has 0 bridgehead atoms. The first-order valence-electron chi connectivity index (χ1n) is 7.32. The summed E-state index contributed by atoms with van der Waals surface area (Å²) in [5, 5.41) is 3.43. The van der Waals surface area contributed by atoms with Crippen LogP contribution < -0.4 is 5.32 Å². The third-order valence-corrected chi connectivity index (χ3v) is 4.19. The van der Waals surface area contributed by atoms with Crippen LogP contribution in [0.25, 0.3) is 0 Å². The van der Waals surface area contributed by atoms with Gasteiger partial charge >= 0.3 is 0 Å². The number of hydrogen-bond acceptors (Lipinski definition) is 2. The molecule has 0 unspecified atom stereocenters. The van der Waals surface area contributed by atoms with E-state index in [1.165, 1.54) is 42.6 Å². The van der Waals surface area contributed by atoms with Gasteiger partial charge in [0.1, 0.15) is 0 Å². The molecule has 0 radical (unpaired) electrons. The number of hydrogen-bond donors (Lipinski definition) is 1. The summed E-state index contributed by atoms with van der Waals surface area (Å²) in [5.41, 5.74) is 4.33. The molecule has 2 heteroatoms. The smallest absolute Gasteiger partial charge is 0.0373 e. The van der Waals surface area contributed by atoms with Crippen LogP contribution in [0.4, 0.5) is 5.69 Å². The van der Waals surface area contributed by atoms with Crippen molar-refractivity contribution in [3.05, 3.63) is 29.3 Å². The van der Waals surface area contributed by atoms with Crippen LogP contribution in [-0.4, -0.2) is 24.0 Å². The monoisotopic (exact) mass is 244 g/mol. The third kappa shape index (κ3) is 2.69. The lowest BCUT2D eigenvalue weighted by atomic mass is 10.1. The van der Waals surface area contributed by atoms with Crippen molar-refractivity contribution >= 4 is 5.69 Å². The zero-order valence-corrected chi connectivity index (χ0v) is 11.6. The maximum absolute atomic E-state index is 3.43. The minimum Gasteiger partial charge on any atom is -0.384 e. The number of anilines is 1. The van der Waals surface area contributed by atoms with Crippen molar-refractivity contribution in [1.82, 2.24) is 4.90 Å². The Morgan fingerprint density at radius 2 is 2.17 bits per heavy atom. The Morgan fingerprint density at radius 1 is 1.33 bits per heavy atom. The molecule has 2 nitrogen and oxygen atoms in total. The van der Waals surface area contributed by atoms with Crippen molar-refractivity contribution < 1.29 is 0 Å². The van der Waals surface area contributed by atoms with Gasteiger partial charge in [-0.15, -0.1) is 0 Å². The zero-order valence-electron chi connectivity index (χ0n) is 11.6. The second-order valence-electron chi connectivity index (χ2n) is 6.13. The molecule has 2 aliphatic rings. The summed E-state index contributed by atoms with van der Waals surface area (Å²) in [6.07, 6.45) is 4.07. The number of rotatable bonds is 5. The van der Waals surface area contributed by atoms with Gasteiger partial charge in [0.15, 0.2) is 0 Å². The minimum absolute atomic E-state index is 0.650. The first-order chi connectivity index (χ1) is 8.72. The van der Waals surface area contributed by atoms with Crippen LogP contribution in [0.5, 0.6) is 0 Å². The second-order valence-corrected chi connectivity index (χ2v) is 6.13. The molecule has 1 aromatic carbocycles. The lowest BCUT2D eigenvalue weighted by molar-refractivity contribution is 0.204. The van der Waals surface area contributed by atoms with Crippen LogP contribution in [0.2, 0.25) is 0 Å². The zero-order chi connectivity index (χ0) is 12.5. The average Bonchev–Trinajstić information content (AvgIpc) is 3.04. The van der Waals surface area contributed by atoms with E-state index in [2.05, 4.69) is 42.3 Å². The molecular weight excluding hydrogens is 220 g/mol. The number of nitrogens with zero attached hydrogens (tertiary/aromatic N) is 1. The standard InChI is InChI=1S/C16H24N2/c1-12(2)18(10-13-3-4-13)11-14-5-6-16-15(9-14)7-8-17-16/h5-6,9,12-13,17H,3-4,7-8,10-11H2,1-2H3. The molecule has 1 aliphatic heterocycles. The summed E-state index contributed by atoms with van der Waals surface area (Å²) in [5.74, 6) is 0.975. The first kappa shape index (κ1) is 12.0. The Morgan fingerprint density at radius 3 is 2.89 bits per heavy atom. The molecule has 98 valence electrons. The summed E-state index contributed by atoms with van der Waals surface area (Å²) in [4.78, 5) is 2.63. The van der Waals surface area contributed by atoms with E-state index < -0.39 is 0 Å². The van der Waals surface area contributed by atoms with E-state index >= 15 is 0 Å². The SMILES string of the molecule is CC(C)N(Cc1ccc2c(c1)CCN2)CC1CC1. The van der Waals surface area contributed by atoms with Gasteiger partial charge in [-0.1, -0.05) is 12.1 Å². The fraction of sp³-hybridized carbons (Fsp3) is 0.625. The van der Waals surface area contributed by atoms with Gasteiger partial charge in [0.25, 0.3) is 0 Å². The Kier molecular flexibility index (Phi) is 3.29. The first-order valence-corrected chi connectivity index (χ1v) is 7.32. The fourth-order valence-electron chi connectivity index (χ4n) is 2.78. The maximum atomic E-state index is 3.43. The summed E-state index contributed by atoms with van der Waals surface area (Å²) < 4.78 is 0. The molecule has 0 saturated heterocycles. The van der Waals surface area contributed by atoms with E-state index in [0.717, 1.165) is 19.0 Å². The van der Waals surface area contributed by atoms with Crippen LogP contribution in [0, 0.1) is 5.92 Å². The van der Waals surface area contributed by atoms with Crippen molar-refractivity contribution in [2.24, 2.45) is 5.92 Å². The molecule has 1 aromatic rings. The van der Waals surface area contributed by atoms with Crippen LogP contribution in [-0.2, 0) is 13.0 Å². The van der Waals surface area contributed by atoms with Gasteiger partial charge in [-0.3, -0.25) is 4.90 Å². The molecule has 0 amide bonds. The van der Waals surface area contributed by atoms with Gasteiger partial charge in [-0.05, 0) is 56.2 Å². The molecule has 1 aliphatic carbocycles. The van der Waals surface area contributed by atoms with Gasteiger partial charge in [0.2, 0.25) is 0 Å². The molecule has 1 heterocycles. The number of fused-ring (bicyclic) bond motifs is 1. The van der Waals surface area contributed by atoms with Crippen molar-refractivity contribution in [3.8, 4) is 0 Å². The number of nitrogens with one attached hydrogen (secondary N) is 1. The van der Waals surface area contributed by atoms with Gasteiger partial charge in [-0.25, -0.2) is 0 Å². The summed E-state index contributed by atoms with van der Waals surface area (Å²) >= 11 is 0. The van der Waals surface area contributed by atoms with Crippen molar-refractivity contribution in [2.45, 2.75) is 45.7 Å². The highest BCUT2D eigenvalue weighted by Crippen LogP contribution is 2.31. The summed E-state index contributed by atoms with van der Waals surface area (Å²) in [6.45, 7) is 8.14. The van der Waals surface area contributed by atoms with Crippen molar-refractivity contribution in [1.29, 1.82) is 0 Å². The number of benzene rings is 1. The normalized spacial score (nSPS) is 18.2. The molecule has 1 fully saturated rings. The molecule has 3 rings (SSSR count). The lowest BCUT2D eigenvalue weighted by Crippen LogP contribution is -2.32. The van der Waals surface area contributed by atoms with Crippen LogP contribution in [0.1, 0.15) is 37.8 Å². The van der Waals surface area contributed by atoms with E-state index in [1.54, 1.807) is 0 Å². The minimum atomic E-state index is 0.650. The highest BCUT2D eigenvalue weighted by Gasteiger charge is 2.25. The highest BCUT2D eigenvalue weighted by molar-refractivity contribution is 5.56. The van der Waals surface area contributed by atoms with E-state index in [9.17, 15) is 0 Å². The molecule has 1 saturated carbocycles. The maximum Gasteiger partial charge on any atom is 0.0373 e. The molecule has 18 heavy (non-hydrogen) atoms. The van der Waals surface area contributed by atoms with Gasteiger partial charge in [0.05, 0.1) is 0 Å². The Balaban J connectivity index is 1.69. The van der Waals surface area contributed by atoms with Crippen molar-refractivity contribution in [3.63, 3.8) is 0 Å². The van der Waals surface area contributed by atoms with E-state index in [0.29, 0.717) is 6.04 Å². The molecule has 1 N–H and O–H groups in total. The third-order valence-electron chi connectivity index (χ3n) is 4.19. The average molecular weight is 244 g/mol. The highest BCUT2D eigenvalue weighted by atomic mass is 15.1. The quantitative estimate of drug-likeness (QED) is 0.855. The largest absolute Gasteiger partial charge is 0.384 e. The molecule has 0 spiro atoms. The lowest BCUT2D eigenvalue weighted by Gasteiger charge is -2.26. The molecular formula is C16H24N2. The molecule has 0 atom stereocenters. The van der Waals surface area contributed by atoms with Gasteiger partial charge in [0, 0.05) is 31.4 Å². The van der Waals surface area contributed by atoms with Crippen LogP contribution in [0.15, 0.2) is 18.2 Å². The van der Waals surface area contributed by atoms with Crippen LogP contribution in [0.3, 0.4) is 0 Å². The summed E-state index contributed by atoms with van der Waals surface area (Å²) in [6, 6.07) is 7.60. The van der Waals surface area contributed by atoms with E-state index in [1.807, 2.05) is 0 Å². The van der Waals surface area contributed by atoms with Gasteiger partial charge in [-0.2, -0.15) is 0 Å². The topological polar surface area (TPSA) is 15.3 Å². The second kappa shape index (κ2) is 4.93. The Bertz CT molecular complexity index is 421. The Hall–Kier alpha value is -1.02. The van der Waals surface area contributed by atoms with E-state index in [4.69, 9.17) is 0 Å². The van der Waals surface area contributed by atoms with Gasteiger partial charge < -0.3 is 5.32 Å². The molecule has 0 aromatic heterocycles.